The van der Waals surface area contributed by atoms with Crippen LogP contribution in [0.25, 0.3) is 10.2 Å². The molecule has 0 spiro atoms. The minimum absolute atomic E-state index is 0.0771. The molecule has 0 saturated heterocycles. The van der Waals surface area contributed by atoms with E-state index in [1.807, 2.05) is 0 Å². The molecule has 0 atom stereocenters. The molecule has 0 saturated carbocycles. The summed E-state index contributed by atoms with van der Waals surface area (Å²) in [5.74, 6) is 0.274. The molecule has 1 N–H and O–H groups in total. The first kappa shape index (κ1) is 17.2. The lowest BCUT2D eigenvalue weighted by Crippen LogP contribution is -2.14. The van der Waals surface area contributed by atoms with E-state index in [-0.39, 0.29) is 17.5 Å². The molecule has 0 aliphatic rings. The Hall–Kier alpha value is -2.61. The number of rotatable bonds is 4. The number of amides is 1. The first-order valence-electron chi connectivity index (χ1n) is 7.26. The van der Waals surface area contributed by atoms with Crippen molar-refractivity contribution in [1.29, 1.82) is 0 Å². The normalized spacial score (nSPS) is 11.5. The predicted molar refractivity (Wildman–Crippen MR) is 89.9 cm³/mol. The lowest BCUT2D eigenvalue weighted by Gasteiger charge is -2.07. The quantitative estimate of drug-likeness (QED) is 0.739. The largest absolute Gasteiger partial charge is 0.496 e. The van der Waals surface area contributed by atoms with Gasteiger partial charge in [-0.1, -0.05) is 29.5 Å². The smallest absolute Gasteiger partial charge is 0.416 e. The molecule has 2 aromatic carbocycles. The van der Waals surface area contributed by atoms with E-state index in [4.69, 9.17) is 4.74 Å². The summed E-state index contributed by atoms with van der Waals surface area (Å²) in [6, 6.07) is 10.4. The highest BCUT2D eigenvalue weighted by Gasteiger charge is 2.30. The second-order valence-electron chi connectivity index (χ2n) is 5.24. The molecule has 25 heavy (non-hydrogen) atoms. The summed E-state index contributed by atoms with van der Waals surface area (Å²) in [7, 11) is 1.52. The predicted octanol–water partition coefficient (Wildman–Crippen LogP) is 4.50. The summed E-state index contributed by atoms with van der Waals surface area (Å²) in [6.07, 6.45) is -4.33. The third kappa shape index (κ3) is 3.90. The van der Waals surface area contributed by atoms with Crippen molar-refractivity contribution in [2.45, 2.75) is 12.6 Å². The Kier molecular flexibility index (Phi) is 4.63. The number of ether oxygens (including phenoxy) is 1. The number of nitrogens with one attached hydrogen (secondary N) is 1. The van der Waals surface area contributed by atoms with Crippen LogP contribution in [-0.4, -0.2) is 18.0 Å². The van der Waals surface area contributed by atoms with Crippen LogP contribution in [0, 0.1) is 0 Å². The number of hydrogen-bond acceptors (Lipinski definition) is 4. The molecule has 8 heteroatoms. The summed E-state index contributed by atoms with van der Waals surface area (Å²) in [4.78, 5) is 16.3. The van der Waals surface area contributed by atoms with E-state index in [1.165, 1.54) is 13.2 Å². The fourth-order valence-corrected chi connectivity index (χ4v) is 3.26. The topological polar surface area (TPSA) is 51.2 Å². The number of nitrogens with zero attached hydrogens (tertiary/aromatic N) is 1. The van der Waals surface area contributed by atoms with E-state index in [1.54, 1.807) is 24.3 Å². The molecule has 1 aromatic heterocycles. The van der Waals surface area contributed by atoms with Crippen molar-refractivity contribution >= 4 is 32.6 Å². The second kappa shape index (κ2) is 6.72. The van der Waals surface area contributed by atoms with Crippen LogP contribution in [-0.2, 0) is 17.4 Å². The Morgan fingerprint density at radius 3 is 2.72 bits per heavy atom. The second-order valence-corrected chi connectivity index (χ2v) is 6.27. The maximum Gasteiger partial charge on any atom is 0.416 e. The number of carbonyl (C=O) groups is 1. The Balaban J connectivity index is 1.77. The fourth-order valence-electron chi connectivity index (χ4n) is 2.34. The van der Waals surface area contributed by atoms with Gasteiger partial charge in [0, 0.05) is 5.56 Å². The molecule has 3 aromatic rings. The highest BCUT2D eigenvalue weighted by Crippen LogP contribution is 2.34. The molecule has 0 unspecified atom stereocenters. The van der Waals surface area contributed by atoms with Crippen LogP contribution in [0.2, 0.25) is 0 Å². The average molecular weight is 366 g/mol. The van der Waals surface area contributed by atoms with Crippen molar-refractivity contribution in [1.82, 2.24) is 4.98 Å². The molecule has 1 amide bonds. The number of benzene rings is 2. The summed E-state index contributed by atoms with van der Waals surface area (Å²) >= 11 is 1.00. The number of aromatic nitrogens is 1. The Morgan fingerprint density at radius 1 is 1.24 bits per heavy atom. The maximum atomic E-state index is 12.7. The summed E-state index contributed by atoms with van der Waals surface area (Å²) in [5.41, 5.74) is 0.379. The number of anilines is 1. The third-order valence-corrected chi connectivity index (χ3v) is 4.44. The third-order valence-electron chi connectivity index (χ3n) is 3.51. The maximum absolute atomic E-state index is 12.7. The Labute approximate surface area is 145 Å². The van der Waals surface area contributed by atoms with Gasteiger partial charge in [0.15, 0.2) is 5.13 Å². The van der Waals surface area contributed by atoms with Gasteiger partial charge in [-0.25, -0.2) is 4.98 Å². The number of fused-ring (bicyclic) bond motifs is 1. The van der Waals surface area contributed by atoms with E-state index in [0.717, 1.165) is 23.5 Å². The highest BCUT2D eigenvalue weighted by atomic mass is 32.1. The van der Waals surface area contributed by atoms with E-state index in [9.17, 15) is 18.0 Å². The molecular formula is C17H13F3N2O2S. The van der Waals surface area contributed by atoms with Crippen LogP contribution in [0.1, 0.15) is 11.1 Å². The standard InChI is InChI=1S/C17H13F3N2O2S/c1-24-13-5-3-2-4-10(13)8-15(23)22-16-21-12-7-6-11(17(18,19)20)9-14(12)25-16/h2-7,9H,8H2,1H3,(H,21,22,23). The molecule has 0 bridgehead atoms. The molecule has 4 nitrogen and oxygen atoms in total. The van der Waals surface area contributed by atoms with E-state index in [0.29, 0.717) is 21.5 Å². The van der Waals surface area contributed by atoms with Gasteiger partial charge >= 0.3 is 6.18 Å². The van der Waals surface area contributed by atoms with Gasteiger partial charge < -0.3 is 10.1 Å². The molecule has 0 fully saturated rings. The zero-order valence-corrected chi connectivity index (χ0v) is 13.9. The van der Waals surface area contributed by atoms with Gasteiger partial charge in [-0.3, -0.25) is 4.79 Å². The van der Waals surface area contributed by atoms with E-state index in [2.05, 4.69) is 10.3 Å². The van der Waals surface area contributed by atoms with Gasteiger partial charge in [0.2, 0.25) is 5.91 Å². The highest BCUT2D eigenvalue weighted by molar-refractivity contribution is 7.22. The zero-order valence-electron chi connectivity index (χ0n) is 13.1. The van der Waals surface area contributed by atoms with Gasteiger partial charge in [0.1, 0.15) is 5.75 Å². The van der Waals surface area contributed by atoms with Crippen LogP contribution < -0.4 is 10.1 Å². The lowest BCUT2D eigenvalue weighted by atomic mass is 10.1. The lowest BCUT2D eigenvalue weighted by molar-refractivity contribution is -0.137. The van der Waals surface area contributed by atoms with Gasteiger partial charge in [0.25, 0.3) is 0 Å². The number of carbonyl (C=O) groups excluding carboxylic acids is 1. The van der Waals surface area contributed by atoms with Gasteiger partial charge in [0.05, 0.1) is 29.3 Å². The SMILES string of the molecule is COc1ccccc1CC(=O)Nc1nc2ccc(C(F)(F)F)cc2s1. The molecule has 0 aliphatic heterocycles. The van der Waals surface area contributed by atoms with E-state index >= 15 is 0 Å². The van der Waals surface area contributed by atoms with Crippen molar-refractivity contribution in [2.75, 3.05) is 12.4 Å². The number of thiazole rings is 1. The molecule has 0 aliphatic carbocycles. The first-order chi connectivity index (χ1) is 11.9. The van der Waals surface area contributed by atoms with Gasteiger partial charge in [-0.15, -0.1) is 0 Å². The summed E-state index contributed by atoms with van der Waals surface area (Å²) < 4.78 is 43.8. The van der Waals surface area contributed by atoms with Gasteiger partial charge in [-0.05, 0) is 24.3 Å². The van der Waals surface area contributed by atoms with Crippen molar-refractivity contribution in [3.8, 4) is 5.75 Å². The van der Waals surface area contributed by atoms with Crippen LogP contribution in [0.5, 0.6) is 5.75 Å². The van der Waals surface area contributed by atoms with Gasteiger partial charge in [-0.2, -0.15) is 13.2 Å². The van der Waals surface area contributed by atoms with Crippen LogP contribution in [0.4, 0.5) is 18.3 Å². The minimum Gasteiger partial charge on any atom is -0.496 e. The molecule has 1 heterocycles. The molecule has 130 valence electrons. The van der Waals surface area contributed by atoms with Crippen LogP contribution in [0.3, 0.4) is 0 Å². The van der Waals surface area contributed by atoms with Crippen molar-refractivity contribution < 1.29 is 22.7 Å². The molecule has 3 rings (SSSR count). The number of hydrogen-bond donors (Lipinski definition) is 1. The van der Waals surface area contributed by atoms with Crippen LogP contribution >= 0.6 is 11.3 Å². The molecule has 0 radical (unpaired) electrons. The number of para-hydroxylation sites is 1. The van der Waals surface area contributed by atoms with Crippen LogP contribution in [0.15, 0.2) is 42.5 Å². The number of halogens is 3. The van der Waals surface area contributed by atoms with Crippen molar-refractivity contribution in [3.05, 3.63) is 53.6 Å². The Bertz CT molecular complexity index is 922. The first-order valence-corrected chi connectivity index (χ1v) is 8.08. The fraction of sp³-hybridized carbons (Fsp3) is 0.176. The summed E-state index contributed by atoms with van der Waals surface area (Å²) in [6.45, 7) is 0. The van der Waals surface area contributed by atoms with Crippen molar-refractivity contribution in [2.24, 2.45) is 0 Å². The monoisotopic (exact) mass is 366 g/mol. The average Bonchev–Trinajstić information content (AvgIpc) is 2.95. The summed E-state index contributed by atoms with van der Waals surface area (Å²) in [5, 5.41) is 2.88. The zero-order chi connectivity index (χ0) is 18.0. The Morgan fingerprint density at radius 2 is 2.00 bits per heavy atom. The number of alkyl halides is 3. The van der Waals surface area contributed by atoms with Crippen molar-refractivity contribution in [3.63, 3.8) is 0 Å². The van der Waals surface area contributed by atoms with E-state index < -0.39 is 11.7 Å². The number of methoxy groups -OCH3 is 1. The molecular weight excluding hydrogens is 353 g/mol. The minimum atomic E-state index is -4.41.